The maximum atomic E-state index is 5.35. The van der Waals surface area contributed by atoms with Gasteiger partial charge in [0.1, 0.15) is 5.75 Å². The zero-order chi connectivity index (χ0) is 11.1. The molecule has 3 nitrogen and oxygen atoms in total. The molecule has 1 aliphatic carbocycles. The summed E-state index contributed by atoms with van der Waals surface area (Å²) in [5.74, 6) is 1.69. The van der Waals surface area contributed by atoms with Gasteiger partial charge in [0.2, 0.25) is 0 Å². The summed E-state index contributed by atoms with van der Waals surface area (Å²) in [5, 5.41) is 0. The average molecular weight is 234 g/mol. The van der Waals surface area contributed by atoms with Crippen molar-refractivity contribution in [2.75, 3.05) is 7.11 Å². The molecule has 3 rings (SSSR count). The molecule has 1 aromatic carbocycles. The van der Waals surface area contributed by atoms with E-state index in [0.29, 0.717) is 0 Å². The Hall–Kier alpha value is -1.29. The fourth-order valence-corrected chi connectivity index (χ4v) is 2.29. The Bertz CT molecular complexity index is 580. The minimum absolute atomic E-state index is 0.815. The van der Waals surface area contributed by atoms with Crippen molar-refractivity contribution in [3.63, 3.8) is 0 Å². The third kappa shape index (κ3) is 1.63. The molecule has 1 saturated carbocycles. The van der Waals surface area contributed by atoms with Crippen molar-refractivity contribution < 1.29 is 4.74 Å². The largest absolute Gasteiger partial charge is 0.497 e. The van der Waals surface area contributed by atoms with Gasteiger partial charge < -0.3 is 14.3 Å². The van der Waals surface area contributed by atoms with Gasteiger partial charge in [0.05, 0.1) is 18.1 Å². The summed E-state index contributed by atoms with van der Waals surface area (Å²) in [4.78, 5) is 3.23. The van der Waals surface area contributed by atoms with Crippen molar-refractivity contribution in [2.24, 2.45) is 5.92 Å². The van der Waals surface area contributed by atoms with Gasteiger partial charge in [-0.05, 0) is 43.1 Å². The lowest BCUT2D eigenvalue weighted by Crippen LogP contribution is -1.99. The van der Waals surface area contributed by atoms with Gasteiger partial charge in [-0.25, -0.2) is 0 Å². The SMILES string of the molecule is COc1ccc2c(c1)[nH]c(=S)n2CC1CC1. The van der Waals surface area contributed by atoms with Crippen LogP contribution in [0.1, 0.15) is 12.8 Å². The highest BCUT2D eigenvalue weighted by atomic mass is 32.1. The smallest absolute Gasteiger partial charge is 0.178 e. The molecule has 2 aromatic rings. The lowest BCUT2D eigenvalue weighted by atomic mass is 10.3. The van der Waals surface area contributed by atoms with E-state index in [-0.39, 0.29) is 0 Å². The lowest BCUT2D eigenvalue weighted by molar-refractivity contribution is 0.415. The summed E-state index contributed by atoms with van der Waals surface area (Å²) in [5.41, 5.74) is 2.24. The number of aromatic amines is 1. The van der Waals surface area contributed by atoms with Gasteiger partial charge in [-0.1, -0.05) is 0 Å². The number of hydrogen-bond donors (Lipinski definition) is 1. The van der Waals surface area contributed by atoms with Crippen LogP contribution >= 0.6 is 12.2 Å². The molecule has 4 heteroatoms. The predicted octanol–water partition coefficient (Wildman–Crippen LogP) is 3.12. The number of rotatable bonds is 3. The number of ether oxygens (including phenoxy) is 1. The number of benzene rings is 1. The number of fused-ring (bicyclic) bond motifs is 1. The minimum atomic E-state index is 0.815. The highest BCUT2D eigenvalue weighted by Gasteiger charge is 2.22. The Balaban J connectivity index is 2.12. The molecule has 1 N–H and O–H groups in total. The molecule has 1 fully saturated rings. The average Bonchev–Trinajstić information content (AvgIpc) is 3.04. The van der Waals surface area contributed by atoms with Crippen LogP contribution in [0.25, 0.3) is 11.0 Å². The molecule has 0 radical (unpaired) electrons. The van der Waals surface area contributed by atoms with Crippen LogP contribution in [0, 0.1) is 10.7 Å². The van der Waals surface area contributed by atoms with Crippen LogP contribution in [0.5, 0.6) is 5.75 Å². The molecule has 0 amide bonds. The van der Waals surface area contributed by atoms with Gasteiger partial charge in [0.15, 0.2) is 4.77 Å². The van der Waals surface area contributed by atoms with Gasteiger partial charge in [-0.15, -0.1) is 0 Å². The number of aromatic nitrogens is 2. The first-order valence-electron chi connectivity index (χ1n) is 5.54. The standard InChI is InChI=1S/C12H14N2OS/c1-15-9-4-5-11-10(6-9)13-12(16)14(11)7-8-2-3-8/h4-6,8H,2-3,7H2,1H3,(H,13,16). The third-order valence-corrected chi connectivity index (χ3v) is 3.44. The van der Waals surface area contributed by atoms with E-state index in [0.717, 1.165) is 28.5 Å². The fourth-order valence-electron chi connectivity index (χ4n) is 2.01. The molecule has 1 heterocycles. The second-order valence-electron chi connectivity index (χ2n) is 4.37. The van der Waals surface area contributed by atoms with Crippen molar-refractivity contribution >= 4 is 23.3 Å². The van der Waals surface area contributed by atoms with E-state index in [2.05, 4.69) is 15.6 Å². The first-order chi connectivity index (χ1) is 7.78. The van der Waals surface area contributed by atoms with Crippen LogP contribution in [-0.2, 0) is 6.54 Å². The molecule has 0 atom stereocenters. The van der Waals surface area contributed by atoms with E-state index in [9.17, 15) is 0 Å². The van der Waals surface area contributed by atoms with Gasteiger partial charge in [0, 0.05) is 12.6 Å². The molecule has 0 spiro atoms. The molecule has 0 aliphatic heterocycles. The Labute approximate surface area is 99.0 Å². The summed E-state index contributed by atoms with van der Waals surface area (Å²) in [6, 6.07) is 6.05. The van der Waals surface area contributed by atoms with E-state index in [4.69, 9.17) is 17.0 Å². The van der Waals surface area contributed by atoms with Crippen LogP contribution in [0.3, 0.4) is 0 Å². The van der Waals surface area contributed by atoms with Crippen molar-refractivity contribution in [1.29, 1.82) is 0 Å². The predicted molar refractivity (Wildman–Crippen MR) is 66.4 cm³/mol. The van der Waals surface area contributed by atoms with Crippen molar-refractivity contribution in [2.45, 2.75) is 19.4 Å². The summed E-state index contributed by atoms with van der Waals surface area (Å²) in [6.07, 6.45) is 2.68. The number of H-pyrrole nitrogens is 1. The van der Waals surface area contributed by atoms with Crippen molar-refractivity contribution in [3.05, 3.63) is 23.0 Å². The number of imidazole rings is 1. The minimum Gasteiger partial charge on any atom is -0.497 e. The quantitative estimate of drug-likeness (QED) is 0.827. The summed E-state index contributed by atoms with van der Waals surface area (Å²) < 4.78 is 8.21. The highest BCUT2D eigenvalue weighted by molar-refractivity contribution is 7.71. The molecule has 84 valence electrons. The maximum Gasteiger partial charge on any atom is 0.178 e. The molecule has 0 saturated heterocycles. The zero-order valence-electron chi connectivity index (χ0n) is 9.19. The Kier molecular flexibility index (Phi) is 2.24. The number of nitrogens with one attached hydrogen (secondary N) is 1. The fraction of sp³-hybridized carbons (Fsp3) is 0.417. The molecule has 1 aliphatic rings. The first kappa shape index (κ1) is 9.90. The van der Waals surface area contributed by atoms with E-state index in [1.165, 1.54) is 18.4 Å². The molecule has 0 unspecified atom stereocenters. The Morgan fingerprint density at radius 1 is 1.50 bits per heavy atom. The van der Waals surface area contributed by atoms with E-state index in [1.54, 1.807) is 7.11 Å². The molecule has 1 aromatic heterocycles. The number of nitrogens with zero attached hydrogens (tertiary/aromatic N) is 1. The van der Waals surface area contributed by atoms with Crippen LogP contribution in [0.4, 0.5) is 0 Å². The molecule has 0 bridgehead atoms. The van der Waals surface area contributed by atoms with Crippen LogP contribution in [-0.4, -0.2) is 16.7 Å². The molecule has 16 heavy (non-hydrogen) atoms. The summed E-state index contributed by atoms with van der Waals surface area (Å²) in [7, 11) is 1.68. The molecular formula is C12H14N2OS. The topological polar surface area (TPSA) is 29.9 Å². The normalized spacial score (nSPS) is 15.6. The lowest BCUT2D eigenvalue weighted by Gasteiger charge is -2.03. The Morgan fingerprint density at radius 2 is 2.31 bits per heavy atom. The number of hydrogen-bond acceptors (Lipinski definition) is 2. The summed E-state index contributed by atoms with van der Waals surface area (Å²) >= 11 is 5.35. The van der Waals surface area contributed by atoms with E-state index < -0.39 is 0 Å². The van der Waals surface area contributed by atoms with Crippen molar-refractivity contribution in [1.82, 2.24) is 9.55 Å². The van der Waals surface area contributed by atoms with Gasteiger partial charge in [-0.3, -0.25) is 0 Å². The highest BCUT2D eigenvalue weighted by Crippen LogP contribution is 2.32. The van der Waals surface area contributed by atoms with Crippen molar-refractivity contribution in [3.8, 4) is 5.75 Å². The number of methoxy groups -OCH3 is 1. The Morgan fingerprint density at radius 3 is 3.00 bits per heavy atom. The second kappa shape index (κ2) is 3.63. The van der Waals surface area contributed by atoms with Gasteiger partial charge in [-0.2, -0.15) is 0 Å². The van der Waals surface area contributed by atoms with Crippen LogP contribution in [0.15, 0.2) is 18.2 Å². The van der Waals surface area contributed by atoms with Gasteiger partial charge in [0.25, 0.3) is 0 Å². The van der Waals surface area contributed by atoms with E-state index in [1.807, 2.05) is 12.1 Å². The summed E-state index contributed by atoms with van der Waals surface area (Å²) in [6.45, 7) is 1.05. The maximum absolute atomic E-state index is 5.35. The monoisotopic (exact) mass is 234 g/mol. The van der Waals surface area contributed by atoms with Crippen LogP contribution in [0.2, 0.25) is 0 Å². The first-order valence-corrected chi connectivity index (χ1v) is 5.95. The molecular weight excluding hydrogens is 220 g/mol. The van der Waals surface area contributed by atoms with E-state index >= 15 is 0 Å². The van der Waals surface area contributed by atoms with Crippen LogP contribution < -0.4 is 4.74 Å². The zero-order valence-corrected chi connectivity index (χ0v) is 10.0. The second-order valence-corrected chi connectivity index (χ2v) is 4.75. The third-order valence-electron chi connectivity index (χ3n) is 3.12. The van der Waals surface area contributed by atoms with Gasteiger partial charge >= 0.3 is 0 Å².